The average Bonchev–Trinajstić information content (AvgIpc) is 2.72. The first-order valence-electron chi connectivity index (χ1n) is 6.26. The lowest BCUT2D eigenvalue weighted by atomic mass is 10.0. The third kappa shape index (κ3) is 2.06. The molecule has 1 amide bonds. The maximum Gasteiger partial charge on any atom is 0.225 e. The van der Waals surface area contributed by atoms with Crippen LogP contribution in [-0.2, 0) is 11.3 Å². The molecule has 0 aliphatic heterocycles. The van der Waals surface area contributed by atoms with Crippen molar-refractivity contribution in [3.05, 3.63) is 11.6 Å². The van der Waals surface area contributed by atoms with Gasteiger partial charge in [-0.2, -0.15) is 5.10 Å². The van der Waals surface area contributed by atoms with E-state index in [1.54, 1.807) is 4.90 Å². The summed E-state index contributed by atoms with van der Waals surface area (Å²) >= 11 is 0. The molecule has 2 unspecified atom stereocenters. The Hall–Kier alpha value is -1.39. The molecule has 1 N–H and O–H groups in total. The summed E-state index contributed by atoms with van der Waals surface area (Å²) in [4.78, 5) is 18.2. The van der Waals surface area contributed by atoms with Crippen LogP contribution in [0.5, 0.6) is 0 Å². The predicted molar refractivity (Wildman–Crippen MR) is 61.9 cm³/mol. The number of rotatable bonds is 3. The number of carbonyl (C=O) groups excluding carboxylic acids is 1. The van der Waals surface area contributed by atoms with Crippen LogP contribution in [0.1, 0.15) is 30.9 Å². The predicted octanol–water partition coefficient (Wildman–Crippen LogP) is 1.12. The first kappa shape index (κ1) is 10.7. The minimum atomic E-state index is 0.254. The Labute approximate surface area is 101 Å². The molecule has 5 nitrogen and oxygen atoms in total. The fraction of sp³-hybridized carbons (Fsp3) is 0.750. The molecular weight excluding hydrogens is 216 g/mol. The molecule has 1 heterocycles. The van der Waals surface area contributed by atoms with Crippen molar-refractivity contribution >= 4 is 5.91 Å². The number of nitrogens with one attached hydrogen (secondary N) is 1. The molecule has 1 aromatic heterocycles. The van der Waals surface area contributed by atoms with Gasteiger partial charge in [0.2, 0.25) is 5.91 Å². The monoisotopic (exact) mass is 234 g/mol. The number of hydrogen-bond donors (Lipinski definition) is 1. The minimum Gasteiger partial charge on any atom is -0.338 e. The second-order valence-electron chi connectivity index (χ2n) is 5.46. The van der Waals surface area contributed by atoms with E-state index in [4.69, 9.17) is 0 Å². The van der Waals surface area contributed by atoms with Crippen LogP contribution in [0.15, 0.2) is 0 Å². The second kappa shape index (κ2) is 3.82. The highest BCUT2D eigenvalue weighted by atomic mass is 16.2. The summed E-state index contributed by atoms with van der Waals surface area (Å²) in [6.07, 6.45) is 3.55. The Morgan fingerprint density at radius 1 is 1.41 bits per heavy atom. The molecule has 0 saturated heterocycles. The molecule has 0 bridgehead atoms. The van der Waals surface area contributed by atoms with Crippen molar-refractivity contribution in [2.75, 3.05) is 7.05 Å². The molecule has 0 spiro atoms. The van der Waals surface area contributed by atoms with Crippen LogP contribution >= 0.6 is 0 Å². The molecular formula is C12H18N4O. The van der Waals surface area contributed by atoms with Crippen LogP contribution in [0, 0.1) is 24.7 Å². The van der Waals surface area contributed by atoms with Gasteiger partial charge in [0.25, 0.3) is 0 Å². The van der Waals surface area contributed by atoms with Crippen molar-refractivity contribution in [2.45, 2.75) is 32.7 Å². The van der Waals surface area contributed by atoms with E-state index in [0.29, 0.717) is 12.4 Å². The van der Waals surface area contributed by atoms with Gasteiger partial charge in [0.15, 0.2) is 5.82 Å². The molecule has 92 valence electrons. The van der Waals surface area contributed by atoms with Gasteiger partial charge in [0, 0.05) is 13.0 Å². The van der Waals surface area contributed by atoms with Gasteiger partial charge >= 0.3 is 0 Å². The van der Waals surface area contributed by atoms with Gasteiger partial charge in [-0.05, 0) is 38.0 Å². The summed E-state index contributed by atoms with van der Waals surface area (Å²) < 4.78 is 0. The summed E-state index contributed by atoms with van der Waals surface area (Å²) in [6.45, 7) is 2.37. The van der Waals surface area contributed by atoms with E-state index in [2.05, 4.69) is 15.2 Å². The second-order valence-corrected chi connectivity index (χ2v) is 5.46. The molecule has 17 heavy (non-hydrogen) atoms. The van der Waals surface area contributed by atoms with E-state index in [9.17, 15) is 4.79 Å². The summed E-state index contributed by atoms with van der Waals surface area (Å²) in [7, 11) is 1.85. The number of hydrogen-bond acceptors (Lipinski definition) is 3. The fourth-order valence-electron chi connectivity index (χ4n) is 2.98. The van der Waals surface area contributed by atoms with Crippen LogP contribution < -0.4 is 0 Å². The topological polar surface area (TPSA) is 61.9 Å². The quantitative estimate of drug-likeness (QED) is 0.852. The number of aromatic nitrogens is 3. The van der Waals surface area contributed by atoms with Gasteiger partial charge in [-0.1, -0.05) is 0 Å². The van der Waals surface area contributed by atoms with Crippen LogP contribution in [-0.4, -0.2) is 33.0 Å². The van der Waals surface area contributed by atoms with E-state index in [0.717, 1.165) is 30.5 Å². The van der Waals surface area contributed by atoms with Gasteiger partial charge in [-0.25, -0.2) is 4.98 Å². The average molecular weight is 234 g/mol. The molecule has 2 aliphatic rings. The van der Waals surface area contributed by atoms with Crippen LogP contribution in [0.2, 0.25) is 0 Å². The summed E-state index contributed by atoms with van der Waals surface area (Å²) in [5, 5.41) is 6.86. The van der Waals surface area contributed by atoms with Crippen LogP contribution in [0.4, 0.5) is 0 Å². The first-order chi connectivity index (χ1) is 8.13. The molecule has 2 aliphatic carbocycles. The lowest BCUT2D eigenvalue weighted by Crippen LogP contribution is -2.32. The number of fused-ring (bicyclic) bond motifs is 1. The van der Waals surface area contributed by atoms with Crippen molar-refractivity contribution in [3.63, 3.8) is 0 Å². The lowest BCUT2D eigenvalue weighted by molar-refractivity contribution is -0.135. The molecule has 3 rings (SSSR count). The highest BCUT2D eigenvalue weighted by Crippen LogP contribution is 2.54. The molecule has 0 radical (unpaired) electrons. The number of nitrogens with zero attached hydrogens (tertiary/aromatic N) is 3. The first-order valence-corrected chi connectivity index (χ1v) is 6.26. The summed E-state index contributed by atoms with van der Waals surface area (Å²) in [5.74, 6) is 3.71. The van der Waals surface area contributed by atoms with Gasteiger partial charge < -0.3 is 4.90 Å². The Kier molecular flexibility index (Phi) is 2.42. The van der Waals surface area contributed by atoms with E-state index in [1.165, 1.54) is 6.42 Å². The molecule has 2 saturated carbocycles. The maximum absolute atomic E-state index is 12.2. The fourth-order valence-corrected chi connectivity index (χ4v) is 2.98. The Morgan fingerprint density at radius 2 is 2.12 bits per heavy atom. The van der Waals surface area contributed by atoms with Crippen molar-refractivity contribution in [1.29, 1.82) is 0 Å². The summed E-state index contributed by atoms with van der Waals surface area (Å²) in [6, 6.07) is 0. The molecule has 0 aromatic carbocycles. The standard InChI is InChI=1S/C12H18N4O/c1-7-13-11(15-14-7)6-16(2)12(17)10-4-8-3-9(8)5-10/h8-10H,3-6H2,1-2H3,(H,13,14,15). The Morgan fingerprint density at radius 3 is 2.71 bits per heavy atom. The zero-order valence-corrected chi connectivity index (χ0v) is 10.3. The Balaban J connectivity index is 1.58. The van der Waals surface area contributed by atoms with E-state index < -0.39 is 0 Å². The largest absolute Gasteiger partial charge is 0.338 e. The maximum atomic E-state index is 12.2. The van der Waals surface area contributed by atoms with Gasteiger partial charge in [-0.3, -0.25) is 9.89 Å². The number of carbonyl (C=O) groups is 1. The van der Waals surface area contributed by atoms with Crippen LogP contribution in [0.25, 0.3) is 0 Å². The molecule has 1 aromatic rings. The zero-order chi connectivity index (χ0) is 12.0. The molecule has 2 atom stereocenters. The minimum absolute atomic E-state index is 0.254. The van der Waals surface area contributed by atoms with Gasteiger partial charge in [0.05, 0.1) is 6.54 Å². The van der Waals surface area contributed by atoms with Crippen LogP contribution in [0.3, 0.4) is 0 Å². The third-order valence-electron chi connectivity index (χ3n) is 3.99. The van der Waals surface area contributed by atoms with E-state index in [-0.39, 0.29) is 11.8 Å². The van der Waals surface area contributed by atoms with Crippen molar-refractivity contribution < 1.29 is 4.79 Å². The number of amides is 1. The van der Waals surface area contributed by atoms with Gasteiger partial charge in [-0.15, -0.1) is 0 Å². The summed E-state index contributed by atoms with van der Waals surface area (Å²) in [5.41, 5.74) is 0. The van der Waals surface area contributed by atoms with E-state index >= 15 is 0 Å². The molecule has 5 heteroatoms. The molecule has 2 fully saturated rings. The lowest BCUT2D eigenvalue weighted by Gasteiger charge is -2.20. The Bertz CT molecular complexity index is 431. The van der Waals surface area contributed by atoms with Gasteiger partial charge in [0.1, 0.15) is 5.82 Å². The van der Waals surface area contributed by atoms with Crippen molar-refractivity contribution in [2.24, 2.45) is 17.8 Å². The number of aryl methyl sites for hydroxylation is 1. The normalized spacial score (nSPS) is 30.1. The van der Waals surface area contributed by atoms with Crippen molar-refractivity contribution in [1.82, 2.24) is 20.1 Å². The SMILES string of the molecule is Cc1nc(CN(C)C(=O)C2CC3CC3C2)n[nH]1. The smallest absolute Gasteiger partial charge is 0.225 e. The highest BCUT2D eigenvalue weighted by molar-refractivity contribution is 5.79. The van der Waals surface area contributed by atoms with Crippen molar-refractivity contribution in [3.8, 4) is 0 Å². The zero-order valence-electron chi connectivity index (χ0n) is 10.3. The third-order valence-corrected chi connectivity index (χ3v) is 3.99. The number of aromatic amines is 1. The highest BCUT2D eigenvalue weighted by Gasteiger charge is 2.48. The number of H-pyrrole nitrogens is 1. The van der Waals surface area contributed by atoms with E-state index in [1.807, 2.05) is 14.0 Å².